The number of hydrogen-bond donors (Lipinski definition) is 3. The summed E-state index contributed by atoms with van der Waals surface area (Å²) in [6.07, 6.45) is 4.47. The number of allylic oxidation sites excluding steroid dienone is 1. The van der Waals surface area contributed by atoms with Crippen molar-refractivity contribution in [2.45, 2.75) is 125 Å². The number of benzene rings is 2. The number of ether oxygens (including phenoxy) is 2. The van der Waals surface area contributed by atoms with Crippen LogP contribution in [0.15, 0.2) is 71.2 Å². The lowest BCUT2D eigenvalue weighted by Gasteiger charge is -2.30. The molecule has 3 N–H and O–H groups in total. The monoisotopic (exact) mass is 891 g/mol. The molecular formula is C45H48F3N5O9S. The number of carbonyl (C=O) groups is 4. The average Bonchev–Trinajstić information content (AvgIpc) is 4.06. The summed E-state index contributed by atoms with van der Waals surface area (Å²) in [4.78, 5) is 62.6. The number of pyridine rings is 1. The van der Waals surface area contributed by atoms with Gasteiger partial charge in [-0.15, -0.1) is 0 Å². The Morgan fingerprint density at radius 3 is 2.43 bits per heavy atom. The van der Waals surface area contributed by atoms with Crippen molar-refractivity contribution < 1.29 is 54.7 Å². The first-order chi connectivity index (χ1) is 30.2. The lowest BCUT2D eigenvalue weighted by molar-refractivity contribution is -0.141. The fraction of sp³-hybridized carbons (Fsp3) is 0.489. The van der Waals surface area contributed by atoms with Crippen LogP contribution in [-0.2, 0) is 35.3 Å². The van der Waals surface area contributed by atoms with Crippen LogP contribution >= 0.6 is 0 Å². The maximum absolute atomic E-state index is 14.8. The molecule has 1 saturated heterocycles. The first kappa shape index (κ1) is 42.6. The second kappa shape index (κ2) is 16.8. The van der Waals surface area contributed by atoms with E-state index in [0.29, 0.717) is 54.2 Å². The first-order valence-corrected chi connectivity index (χ1v) is 23.2. The number of fused-ring (bicyclic) bond motifs is 5. The third-order valence-corrected chi connectivity index (χ3v) is 14.6. The van der Waals surface area contributed by atoms with Gasteiger partial charge >= 0.3 is 12.3 Å². The largest absolute Gasteiger partial charge is 0.484 e. The van der Waals surface area contributed by atoms with Crippen molar-refractivity contribution in [1.82, 2.24) is 25.2 Å². The highest BCUT2D eigenvalue weighted by molar-refractivity contribution is 7.91. The quantitative estimate of drug-likeness (QED) is 0.155. The van der Waals surface area contributed by atoms with Crippen molar-refractivity contribution >= 4 is 55.9 Å². The van der Waals surface area contributed by atoms with E-state index >= 15 is 0 Å². The van der Waals surface area contributed by atoms with E-state index in [9.17, 15) is 40.8 Å². The normalized spacial score (nSPS) is 26.6. The van der Waals surface area contributed by atoms with Crippen LogP contribution < -0.4 is 20.1 Å². The number of hydrogen-bond acceptors (Lipinski definition) is 10. The van der Waals surface area contributed by atoms with E-state index in [1.54, 1.807) is 24.3 Å². The molecule has 14 nitrogen and oxygen atoms in total. The molecule has 334 valence electrons. The zero-order valence-electron chi connectivity index (χ0n) is 34.3. The molecule has 3 saturated carbocycles. The Morgan fingerprint density at radius 2 is 1.68 bits per heavy atom. The van der Waals surface area contributed by atoms with Gasteiger partial charge in [0.15, 0.2) is 11.3 Å². The molecule has 2 aliphatic heterocycles. The van der Waals surface area contributed by atoms with Crippen LogP contribution in [0.25, 0.3) is 33.3 Å². The molecule has 4 amide bonds. The number of nitrogens with zero attached hydrogens (tertiary/aromatic N) is 2. The molecule has 0 radical (unpaired) electrons. The van der Waals surface area contributed by atoms with E-state index in [2.05, 4.69) is 15.4 Å². The number of halogens is 3. The van der Waals surface area contributed by atoms with Gasteiger partial charge in [0.05, 0.1) is 23.1 Å². The number of amides is 4. The van der Waals surface area contributed by atoms with Crippen LogP contribution in [0.1, 0.15) is 89.0 Å². The summed E-state index contributed by atoms with van der Waals surface area (Å²) in [5.41, 5.74) is -0.672. The number of furan rings is 1. The van der Waals surface area contributed by atoms with E-state index in [1.165, 1.54) is 23.1 Å². The highest BCUT2D eigenvalue weighted by atomic mass is 32.2. The highest BCUT2D eigenvalue weighted by Gasteiger charge is 2.62. The molecule has 0 spiro atoms. The Kier molecular flexibility index (Phi) is 11.4. The van der Waals surface area contributed by atoms with E-state index in [4.69, 9.17) is 18.9 Å². The Labute approximate surface area is 361 Å². The highest BCUT2D eigenvalue weighted by Crippen LogP contribution is 2.46. The summed E-state index contributed by atoms with van der Waals surface area (Å²) in [6, 6.07) is 10.9. The van der Waals surface area contributed by atoms with Gasteiger partial charge in [0.1, 0.15) is 40.9 Å². The number of alkyl carbamates (subject to hydrolysis) is 1. The predicted molar refractivity (Wildman–Crippen MR) is 223 cm³/mol. The molecular weight excluding hydrogens is 844 g/mol. The molecule has 4 heterocycles. The Morgan fingerprint density at radius 1 is 0.937 bits per heavy atom. The molecule has 3 aliphatic carbocycles. The average molecular weight is 892 g/mol. The zero-order chi connectivity index (χ0) is 44.1. The van der Waals surface area contributed by atoms with Gasteiger partial charge < -0.3 is 29.4 Å². The van der Waals surface area contributed by atoms with Gasteiger partial charge in [-0.25, -0.2) is 18.2 Å². The first-order valence-electron chi connectivity index (χ1n) is 21.7. The van der Waals surface area contributed by atoms with E-state index in [1.807, 2.05) is 12.2 Å². The summed E-state index contributed by atoms with van der Waals surface area (Å²) in [5, 5.41) is 5.58. The minimum absolute atomic E-state index is 0.0882. The summed E-state index contributed by atoms with van der Waals surface area (Å²) in [6.45, 7) is -0.148. The number of alkyl halides is 3. The number of aromatic nitrogens is 1. The molecule has 5 aliphatic rings. The zero-order valence-corrected chi connectivity index (χ0v) is 35.1. The number of nitrogens with one attached hydrogen (secondary N) is 3. The van der Waals surface area contributed by atoms with Gasteiger partial charge in [0, 0.05) is 29.4 Å². The van der Waals surface area contributed by atoms with Crippen LogP contribution in [0.2, 0.25) is 0 Å². The second-order valence-electron chi connectivity index (χ2n) is 17.4. The molecule has 18 heteroatoms. The maximum Gasteiger partial charge on any atom is 0.416 e. The number of para-hydroxylation sites is 1. The van der Waals surface area contributed by atoms with Gasteiger partial charge in [-0.2, -0.15) is 13.2 Å². The van der Waals surface area contributed by atoms with Gasteiger partial charge in [-0.1, -0.05) is 49.3 Å². The molecule has 2 aromatic carbocycles. The fourth-order valence-corrected chi connectivity index (χ4v) is 10.4. The third-order valence-electron chi connectivity index (χ3n) is 12.8. The topological polar surface area (TPSA) is 186 Å². The van der Waals surface area contributed by atoms with Crippen molar-refractivity contribution in [2.24, 2.45) is 5.92 Å². The Bertz CT molecular complexity index is 2570. The number of sulfonamides is 1. The van der Waals surface area contributed by atoms with Crippen LogP contribution in [0, 0.1) is 5.92 Å². The summed E-state index contributed by atoms with van der Waals surface area (Å²) < 4.78 is 87.1. The van der Waals surface area contributed by atoms with Crippen molar-refractivity contribution in [3.05, 3.63) is 72.3 Å². The summed E-state index contributed by atoms with van der Waals surface area (Å²) in [7, 11) is -3.96. The van der Waals surface area contributed by atoms with Gasteiger partial charge in [-0.05, 0) is 88.5 Å². The Hall–Kier alpha value is -5.65. The van der Waals surface area contributed by atoms with Crippen molar-refractivity contribution in [3.63, 3.8) is 0 Å². The number of rotatable bonds is 8. The van der Waals surface area contributed by atoms with Crippen molar-refractivity contribution in [1.29, 1.82) is 0 Å². The SMILES string of the molecule is O=C(N[C@H]1CCCCC/C=C\[C@@H]2C[C@@]2(C(=O)NS(=O)(=O)C2CC2)NC(=O)[C@@H]2C[C@@H](Oc3cc(-c4ccc(C(F)(F)F)cc4)nc4c3oc3ccccc34)CN2C1=O)OC1CCCC1. The minimum Gasteiger partial charge on any atom is -0.484 e. The lowest BCUT2D eigenvalue weighted by Crippen LogP contribution is -2.58. The predicted octanol–water partition coefficient (Wildman–Crippen LogP) is 7.06. The standard InChI is InChI=1S/C45H48F3N5O9S/c46-45(47,48)27-18-16-26(17-19-27)34-23-37(39-38(49-34)32-13-8-9-15-36(32)62-39)60-30-22-35-40(54)51-44(42(56)52-63(58,59)31-20-21-31)24-28(44)10-4-2-1-3-5-14-33(41(55)53(35)25-30)50-43(57)61-29-11-6-7-12-29/h4,8-10,13,15-19,23,28-31,33,35H,1-3,5-7,11-12,14,20-22,24-25H2,(H,50,57)(H,51,54)(H,52,56)/b10-4-/t28-,30-,33+,35+,44-/m1/s1. The van der Waals surface area contributed by atoms with E-state index < -0.39 is 80.5 Å². The minimum atomic E-state index is -4.55. The lowest BCUT2D eigenvalue weighted by atomic mass is 10.0. The van der Waals surface area contributed by atoms with Crippen LogP contribution in [0.4, 0.5) is 18.0 Å². The third kappa shape index (κ3) is 8.95. The molecule has 0 unspecified atom stereocenters. The summed E-state index contributed by atoms with van der Waals surface area (Å²) >= 11 is 0. The number of carbonyl (C=O) groups excluding carboxylic acids is 4. The van der Waals surface area contributed by atoms with Crippen LogP contribution in [-0.4, -0.2) is 83.7 Å². The van der Waals surface area contributed by atoms with Crippen LogP contribution in [0.3, 0.4) is 0 Å². The molecule has 5 atom stereocenters. The molecule has 2 aromatic heterocycles. The smallest absolute Gasteiger partial charge is 0.416 e. The molecule has 4 fully saturated rings. The molecule has 9 rings (SSSR count). The summed E-state index contributed by atoms with van der Waals surface area (Å²) in [5.74, 6) is -2.45. The molecule has 63 heavy (non-hydrogen) atoms. The van der Waals surface area contributed by atoms with Gasteiger partial charge in [0.2, 0.25) is 21.8 Å². The van der Waals surface area contributed by atoms with Gasteiger partial charge in [-0.3, -0.25) is 19.1 Å². The molecule has 0 bridgehead atoms. The Balaban J connectivity index is 1.05. The maximum atomic E-state index is 14.8. The van der Waals surface area contributed by atoms with E-state index in [0.717, 1.165) is 44.2 Å². The fourth-order valence-electron chi connectivity index (χ4n) is 9.08. The second-order valence-corrected chi connectivity index (χ2v) is 19.3. The van der Waals surface area contributed by atoms with Gasteiger partial charge in [0.25, 0.3) is 5.91 Å². The van der Waals surface area contributed by atoms with E-state index in [-0.39, 0.29) is 48.9 Å². The van der Waals surface area contributed by atoms with Crippen LogP contribution in [0.5, 0.6) is 5.75 Å². The van der Waals surface area contributed by atoms with Crippen molar-refractivity contribution in [2.75, 3.05) is 6.54 Å². The van der Waals surface area contributed by atoms with Crippen molar-refractivity contribution in [3.8, 4) is 17.0 Å². The molecule has 4 aromatic rings.